The average molecular weight is 471 g/mol. The van der Waals surface area contributed by atoms with Gasteiger partial charge in [-0.25, -0.2) is 12.7 Å². The fourth-order valence-electron chi connectivity index (χ4n) is 3.03. The summed E-state index contributed by atoms with van der Waals surface area (Å²) in [5, 5.41) is 10.5. The molecule has 2 aromatic rings. The quantitative estimate of drug-likeness (QED) is 0.626. The van der Waals surface area contributed by atoms with E-state index in [0.29, 0.717) is 34.8 Å². The number of carboxylic acid groups (broad SMARTS) is 1. The normalized spacial score (nSPS) is 18.0. The summed E-state index contributed by atoms with van der Waals surface area (Å²) in [7, 11) is -3.60. The first kappa shape index (κ1) is 24.1. The van der Waals surface area contributed by atoms with Crippen molar-refractivity contribution in [3.63, 3.8) is 0 Å². The van der Waals surface area contributed by atoms with Crippen molar-refractivity contribution in [1.29, 1.82) is 0 Å². The number of carbonyl (C=O) groups excluding carboxylic acids is 1. The van der Waals surface area contributed by atoms with Crippen LogP contribution < -0.4 is 5.73 Å². The standard InChI is InChI=1S/C13H17NO4S2.C7H6ClNO/c1-2-12(11-6-4-8-19-11)20(17,18)14-7-3-5-10(9-14)13(15)16;8-6-4-2-1-3-5(6)7(9)10/h2,4,6,8,10,12H,1,3,5,7,9H2,(H,15,16);1-4H,(H2,9,10). The number of thiophene rings is 1. The molecule has 1 aromatic heterocycles. The molecule has 0 radical (unpaired) electrons. The number of nitrogens with two attached hydrogens (primary N) is 1. The van der Waals surface area contributed by atoms with E-state index in [0.717, 1.165) is 0 Å². The zero-order valence-corrected chi connectivity index (χ0v) is 18.5. The van der Waals surface area contributed by atoms with E-state index in [4.69, 9.17) is 22.4 Å². The van der Waals surface area contributed by atoms with Gasteiger partial charge in [-0.15, -0.1) is 17.9 Å². The van der Waals surface area contributed by atoms with Crippen LogP contribution in [-0.4, -0.2) is 42.8 Å². The van der Waals surface area contributed by atoms with Crippen molar-refractivity contribution in [3.8, 4) is 0 Å². The average Bonchev–Trinajstić information content (AvgIpc) is 3.23. The number of aliphatic carboxylic acids is 1. The highest BCUT2D eigenvalue weighted by atomic mass is 35.5. The number of hydrogen-bond donors (Lipinski definition) is 2. The molecule has 3 N–H and O–H groups in total. The van der Waals surface area contributed by atoms with Gasteiger partial charge in [0.25, 0.3) is 0 Å². The number of piperidine rings is 1. The highest BCUT2D eigenvalue weighted by Gasteiger charge is 2.37. The Balaban J connectivity index is 0.000000269. The van der Waals surface area contributed by atoms with Crippen LogP contribution in [0.1, 0.15) is 33.3 Å². The van der Waals surface area contributed by atoms with Gasteiger partial charge >= 0.3 is 5.97 Å². The Kier molecular flexibility index (Phi) is 8.60. The number of carbonyl (C=O) groups is 2. The van der Waals surface area contributed by atoms with Crippen molar-refractivity contribution < 1.29 is 23.1 Å². The minimum Gasteiger partial charge on any atom is -0.481 e. The lowest BCUT2D eigenvalue weighted by Gasteiger charge is -2.31. The van der Waals surface area contributed by atoms with Gasteiger partial charge in [-0.05, 0) is 36.4 Å². The molecule has 162 valence electrons. The highest BCUT2D eigenvalue weighted by Crippen LogP contribution is 2.32. The molecule has 1 saturated heterocycles. The minimum atomic E-state index is -3.60. The lowest BCUT2D eigenvalue weighted by Crippen LogP contribution is -2.43. The zero-order chi connectivity index (χ0) is 22.3. The zero-order valence-electron chi connectivity index (χ0n) is 16.1. The minimum absolute atomic E-state index is 0.0490. The molecule has 1 amide bonds. The number of hydrogen-bond acceptors (Lipinski definition) is 5. The van der Waals surface area contributed by atoms with E-state index >= 15 is 0 Å². The molecule has 7 nitrogen and oxygen atoms in total. The maximum Gasteiger partial charge on any atom is 0.307 e. The van der Waals surface area contributed by atoms with Gasteiger partial charge in [0.15, 0.2) is 0 Å². The molecule has 1 aliphatic heterocycles. The molecule has 2 unspecified atom stereocenters. The van der Waals surface area contributed by atoms with Crippen LogP contribution in [0.15, 0.2) is 54.4 Å². The van der Waals surface area contributed by atoms with E-state index in [1.165, 1.54) is 21.7 Å². The lowest BCUT2D eigenvalue weighted by atomic mass is 10.0. The molecule has 0 aliphatic carbocycles. The van der Waals surface area contributed by atoms with E-state index in [9.17, 15) is 18.0 Å². The smallest absolute Gasteiger partial charge is 0.307 e. The first-order valence-corrected chi connectivity index (χ1v) is 11.9. The van der Waals surface area contributed by atoms with Crippen molar-refractivity contribution in [2.45, 2.75) is 18.1 Å². The number of nitrogens with zero attached hydrogens (tertiary/aromatic N) is 1. The molecule has 1 aromatic carbocycles. The summed E-state index contributed by atoms with van der Waals surface area (Å²) < 4.78 is 26.6. The van der Waals surface area contributed by atoms with E-state index in [2.05, 4.69) is 6.58 Å². The fraction of sp³-hybridized carbons (Fsp3) is 0.300. The third kappa shape index (κ3) is 5.91. The molecular weight excluding hydrogens is 448 g/mol. The highest BCUT2D eigenvalue weighted by molar-refractivity contribution is 7.89. The number of amides is 1. The van der Waals surface area contributed by atoms with Crippen LogP contribution in [0.5, 0.6) is 0 Å². The summed E-state index contributed by atoms with van der Waals surface area (Å²) >= 11 is 6.98. The summed E-state index contributed by atoms with van der Waals surface area (Å²) in [6, 6.07) is 10.2. The Hall–Kier alpha value is -2.20. The Labute approximate surface area is 184 Å². The molecular formula is C20H23ClN2O5S2. The van der Waals surface area contributed by atoms with E-state index in [-0.39, 0.29) is 6.54 Å². The Morgan fingerprint density at radius 2 is 2.00 bits per heavy atom. The predicted molar refractivity (Wildman–Crippen MR) is 118 cm³/mol. The number of sulfonamides is 1. The van der Waals surface area contributed by atoms with Gasteiger partial charge in [-0.1, -0.05) is 35.9 Å². The van der Waals surface area contributed by atoms with Crippen molar-refractivity contribution in [2.24, 2.45) is 11.7 Å². The molecule has 2 heterocycles. The van der Waals surface area contributed by atoms with Crippen molar-refractivity contribution in [3.05, 3.63) is 69.9 Å². The molecule has 0 saturated carbocycles. The number of benzene rings is 1. The molecule has 10 heteroatoms. The second-order valence-electron chi connectivity index (χ2n) is 6.60. The lowest BCUT2D eigenvalue weighted by molar-refractivity contribution is -0.142. The fourth-order valence-corrected chi connectivity index (χ4v) is 6.20. The predicted octanol–water partition coefficient (Wildman–Crippen LogP) is 3.54. The largest absolute Gasteiger partial charge is 0.481 e. The number of rotatable bonds is 6. The summed E-state index contributed by atoms with van der Waals surface area (Å²) in [4.78, 5) is 22.3. The second kappa shape index (κ2) is 10.7. The summed E-state index contributed by atoms with van der Waals surface area (Å²) in [5.74, 6) is -2.05. The van der Waals surface area contributed by atoms with Crippen LogP contribution in [0.25, 0.3) is 0 Å². The molecule has 0 spiro atoms. The molecule has 3 rings (SSSR count). The van der Waals surface area contributed by atoms with Gasteiger partial charge in [0.2, 0.25) is 15.9 Å². The summed E-state index contributed by atoms with van der Waals surface area (Å²) in [6.07, 6.45) is 2.51. The maximum atomic E-state index is 12.7. The monoisotopic (exact) mass is 470 g/mol. The van der Waals surface area contributed by atoms with Gasteiger partial charge in [0, 0.05) is 18.0 Å². The van der Waals surface area contributed by atoms with E-state index < -0.39 is 33.1 Å². The third-order valence-corrected chi connectivity index (χ3v) is 8.16. The number of carboxylic acids is 1. The van der Waals surface area contributed by atoms with Crippen LogP contribution in [0.2, 0.25) is 5.02 Å². The van der Waals surface area contributed by atoms with Gasteiger partial charge in [-0.3, -0.25) is 9.59 Å². The molecule has 1 aliphatic rings. The number of halogens is 1. The van der Waals surface area contributed by atoms with Crippen LogP contribution >= 0.6 is 22.9 Å². The van der Waals surface area contributed by atoms with Crippen LogP contribution in [0.3, 0.4) is 0 Å². The summed E-state index contributed by atoms with van der Waals surface area (Å²) in [6.45, 7) is 4.04. The SMILES string of the molecule is C=CC(c1cccs1)S(=O)(=O)N1CCCC(C(=O)O)C1.NC(=O)c1ccccc1Cl. The first-order valence-electron chi connectivity index (χ1n) is 9.10. The van der Waals surface area contributed by atoms with Gasteiger partial charge in [-0.2, -0.15) is 0 Å². The van der Waals surface area contributed by atoms with Crippen LogP contribution in [-0.2, 0) is 14.8 Å². The van der Waals surface area contributed by atoms with Crippen molar-refractivity contribution in [2.75, 3.05) is 13.1 Å². The molecule has 0 bridgehead atoms. The Morgan fingerprint density at radius 1 is 1.30 bits per heavy atom. The Bertz CT molecular complexity index is 992. The third-order valence-electron chi connectivity index (χ3n) is 4.59. The first-order chi connectivity index (χ1) is 14.2. The van der Waals surface area contributed by atoms with Crippen LogP contribution in [0.4, 0.5) is 0 Å². The van der Waals surface area contributed by atoms with Gasteiger partial charge < -0.3 is 10.8 Å². The topological polar surface area (TPSA) is 118 Å². The second-order valence-corrected chi connectivity index (χ2v) is 10.0. The van der Waals surface area contributed by atoms with E-state index in [1.54, 1.807) is 36.4 Å². The van der Waals surface area contributed by atoms with Crippen LogP contribution in [0, 0.1) is 5.92 Å². The van der Waals surface area contributed by atoms with Gasteiger partial charge in [0.05, 0.1) is 16.5 Å². The maximum absolute atomic E-state index is 12.7. The molecule has 2 atom stereocenters. The Morgan fingerprint density at radius 3 is 2.50 bits per heavy atom. The molecule has 1 fully saturated rings. The number of primary amides is 1. The van der Waals surface area contributed by atoms with Crippen molar-refractivity contribution >= 4 is 44.8 Å². The van der Waals surface area contributed by atoms with E-state index in [1.807, 2.05) is 5.38 Å². The summed E-state index contributed by atoms with van der Waals surface area (Å²) in [5.41, 5.74) is 5.36. The van der Waals surface area contributed by atoms with Gasteiger partial charge in [0.1, 0.15) is 5.25 Å². The molecule has 30 heavy (non-hydrogen) atoms. The van der Waals surface area contributed by atoms with Crippen molar-refractivity contribution in [1.82, 2.24) is 4.31 Å².